The Labute approximate surface area is 170 Å². The van der Waals surface area contributed by atoms with Crippen molar-refractivity contribution in [2.45, 2.75) is 90.5 Å². The summed E-state index contributed by atoms with van der Waals surface area (Å²) in [5.74, 6) is -0.854. The highest BCUT2D eigenvalue weighted by Gasteiger charge is 2.14. The van der Waals surface area contributed by atoms with E-state index in [0.717, 1.165) is 24.1 Å². The molecule has 1 aromatic heterocycles. The summed E-state index contributed by atoms with van der Waals surface area (Å²) in [6.07, 6.45) is 19.8. The maximum Gasteiger partial charge on any atom is 0.337 e. The molecule has 0 aliphatic rings. The number of aromatic nitrogens is 1. The zero-order valence-electron chi connectivity index (χ0n) is 17.5. The SMILES string of the molecule is CCCCCCCCCCCCCCn1cc(C(=O)O)c(-c2ccccc2)c1. The van der Waals surface area contributed by atoms with Gasteiger partial charge in [-0.2, -0.15) is 0 Å². The summed E-state index contributed by atoms with van der Waals surface area (Å²) in [7, 11) is 0. The molecule has 0 saturated heterocycles. The van der Waals surface area contributed by atoms with Crippen LogP contribution in [-0.2, 0) is 6.54 Å². The molecule has 1 aromatic carbocycles. The Bertz CT molecular complexity index is 675. The van der Waals surface area contributed by atoms with Crippen LogP contribution in [0.25, 0.3) is 11.1 Å². The highest BCUT2D eigenvalue weighted by Crippen LogP contribution is 2.25. The van der Waals surface area contributed by atoms with E-state index in [0.29, 0.717) is 5.56 Å². The number of benzene rings is 1. The van der Waals surface area contributed by atoms with Crippen LogP contribution in [0.5, 0.6) is 0 Å². The van der Waals surface area contributed by atoms with E-state index in [1.54, 1.807) is 6.20 Å². The molecule has 154 valence electrons. The van der Waals surface area contributed by atoms with Gasteiger partial charge in [-0.1, -0.05) is 108 Å². The lowest BCUT2D eigenvalue weighted by Crippen LogP contribution is -1.97. The van der Waals surface area contributed by atoms with E-state index < -0.39 is 5.97 Å². The summed E-state index contributed by atoms with van der Waals surface area (Å²) in [6, 6.07) is 9.78. The third kappa shape index (κ3) is 7.92. The Morgan fingerprint density at radius 2 is 1.32 bits per heavy atom. The Kier molecular flexibility index (Phi) is 10.5. The van der Waals surface area contributed by atoms with Gasteiger partial charge in [0.05, 0.1) is 5.56 Å². The molecule has 3 nitrogen and oxygen atoms in total. The highest BCUT2D eigenvalue weighted by atomic mass is 16.4. The fourth-order valence-electron chi connectivity index (χ4n) is 3.79. The quantitative estimate of drug-likeness (QED) is 0.322. The summed E-state index contributed by atoms with van der Waals surface area (Å²) in [6.45, 7) is 3.16. The number of aryl methyl sites for hydroxylation is 1. The number of hydrogen-bond acceptors (Lipinski definition) is 1. The van der Waals surface area contributed by atoms with Crippen molar-refractivity contribution in [2.75, 3.05) is 0 Å². The summed E-state index contributed by atoms with van der Waals surface area (Å²) in [5.41, 5.74) is 2.17. The molecule has 3 heteroatoms. The first-order valence-electron chi connectivity index (χ1n) is 11.2. The van der Waals surface area contributed by atoms with Gasteiger partial charge in [0.25, 0.3) is 0 Å². The van der Waals surface area contributed by atoms with E-state index in [9.17, 15) is 9.90 Å². The number of hydrogen-bond donors (Lipinski definition) is 1. The summed E-state index contributed by atoms with van der Waals surface area (Å²) < 4.78 is 2.04. The van der Waals surface area contributed by atoms with Crippen molar-refractivity contribution in [3.8, 4) is 11.1 Å². The molecule has 0 saturated carbocycles. The fourth-order valence-corrected chi connectivity index (χ4v) is 3.79. The zero-order valence-corrected chi connectivity index (χ0v) is 17.5. The first kappa shape index (κ1) is 22.3. The topological polar surface area (TPSA) is 42.2 Å². The molecule has 0 unspecified atom stereocenters. The van der Waals surface area contributed by atoms with E-state index in [2.05, 4.69) is 6.92 Å². The van der Waals surface area contributed by atoms with Crippen molar-refractivity contribution >= 4 is 5.97 Å². The molecular formula is C25H37NO2. The van der Waals surface area contributed by atoms with E-state index in [-0.39, 0.29) is 0 Å². The van der Waals surface area contributed by atoms with Crippen LogP contribution in [-0.4, -0.2) is 15.6 Å². The van der Waals surface area contributed by atoms with Crippen molar-refractivity contribution in [2.24, 2.45) is 0 Å². The van der Waals surface area contributed by atoms with Crippen LogP contribution in [0.1, 0.15) is 94.3 Å². The molecule has 0 spiro atoms. The van der Waals surface area contributed by atoms with Gasteiger partial charge >= 0.3 is 5.97 Å². The van der Waals surface area contributed by atoms with Gasteiger partial charge in [-0.15, -0.1) is 0 Å². The first-order valence-corrected chi connectivity index (χ1v) is 11.2. The Balaban J connectivity index is 1.62. The summed E-state index contributed by atoms with van der Waals surface area (Å²) >= 11 is 0. The minimum absolute atomic E-state index is 0.394. The third-order valence-electron chi connectivity index (χ3n) is 5.47. The smallest absolute Gasteiger partial charge is 0.337 e. The number of carboxylic acids is 1. The van der Waals surface area contributed by atoms with E-state index in [4.69, 9.17) is 0 Å². The molecule has 28 heavy (non-hydrogen) atoms. The summed E-state index contributed by atoms with van der Waals surface area (Å²) in [5, 5.41) is 9.50. The maximum absolute atomic E-state index is 11.6. The number of unbranched alkanes of at least 4 members (excludes halogenated alkanes) is 11. The fraction of sp³-hybridized carbons (Fsp3) is 0.560. The molecule has 2 aromatic rings. The normalized spacial score (nSPS) is 11.0. The van der Waals surface area contributed by atoms with Gasteiger partial charge in [0.1, 0.15) is 0 Å². The van der Waals surface area contributed by atoms with Gasteiger partial charge in [0.15, 0.2) is 0 Å². The number of carboxylic acid groups (broad SMARTS) is 1. The van der Waals surface area contributed by atoms with Gasteiger partial charge in [-0.05, 0) is 12.0 Å². The van der Waals surface area contributed by atoms with Gasteiger partial charge in [0.2, 0.25) is 0 Å². The second-order valence-electron chi connectivity index (χ2n) is 7.88. The van der Waals surface area contributed by atoms with Crippen LogP contribution in [0.4, 0.5) is 0 Å². The standard InChI is InChI=1S/C25H37NO2/c1-2-3-4-5-6-7-8-9-10-11-12-16-19-26-20-23(24(21-26)25(27)28)22-17-14-13-15-18-22/h13-15,17-18,20-21H,2-12,16,19H2,1H3,(H,27,28). The molecule has 0 bridgehead atoms. The predicted octanol–water partition coefficient (Wildman–Crippen LogP) is 7.55. The lowest BCUT2D eigenvalue weighted by molar-refractivity contribution is 0.0697. The molecule has 0 amide bonds. The molecule has 2 rings (SSSR count). The largest absolute Gasteiger partial charge is 0.478 e. The monoisotopic (exact) mass is 383 g/mol. The Morgan fingerprint density at radius 3 is 1.86 bits per heavy atom. The Morgan fingerprint density at radius 1 is 0.786 bits per heavy atom. The first-order chi connectivity index (χ1) is 13.7. The zero-order chi connectivity index (χ0) is 20.0. The van der Waals surface area contributed by atoms with E-state index in [1.165, 1.54) is 70.6 Å². The van der Waals surface area contributed by atoms with Gasteiger partial charge in [-0.3, -0.25) is 0 Å². The molecule has 1 N–H and O–H groups in total. The molecule has 0 aliphatic carbocycles. The molecule has 0 aliphatic heterocycles. The molecule has 0 radical (unpaired) electrons. The van der Waals surface area contributed by atoms with Crippen molar-refractivity contribution < 1.29 is 9.90 Å². The Hall–Kier alpha value is -2.03. The van der Waals surface area contributed by atoms with E-state index >= 15 is 0 Å². The van der Waals surface area contributed by atoms with Crippen molar-refractivity contribution in [3.63, 3.8) is 0 Å². The molecular weight excluding hydrogens is 346 g/mol. The summed E-state index contributed by atoms with van der Waals surface area (Å²) in [4.78, 5) is 11.6. The number of rotatable bonds is 15. The minimum Gasteiger partial charge on any atom is -0.478 e. The maximum atomic E-state index is 11.6. The van der Waals surface area contributed by atoms with E-state index in [1.807, 2.05) is 41.1 Å². The van der Waals surface area contributed by atoms with Gasteiger partial charge in [-0.25, -0.2) is 4.79 Å². The lowest BCUT2D eigenvalue weighted by Gasteiger charge is -2.04. The number of aromatic carboxylic acids is 1. The second kappa shape index (κ2) is 13.2. The molecule has 0 atom stereocenters. The number of carbonyl (C=O) groups is 1. The number of nitrogens with zero attached hydrogens (tertiary/aromatic N) is 1. The molecule has 1 heterocycles. The van der Waals surface area contributed by atoms with Crippen LogP contribution in [0, 0.1) is 0 Å². The average Bonchev–Trinajstić information content (AvgIpc) is 3.14. The average molecular weight is 384 g/mol. The van der Waals surface area contributed by atoms with Crippen LogP contribution >= 0.6 is 0 Å². The minimum atomic E-state index is -0.854. The van der Waals surface area contributed by atoms with Crippen LogP contribution in [0.3, 0.4) is 0 Å². The van der Waals surface area contributed by atoms with Crippen LogP contribution < -0.4 is 0 Å². The van der Waals surface area contributed by atoms with Crippen LogP contribution in [0.2, 0.25) is 0 Å². The van der Waals surface area contributed by atoms with Crippen molar-refractivity contribution in [1.82, 2.24) is 4.57 Å². The van der Waals surface area contributed by atoms with Crippen molar-refractivity contribution in [1.29, 1.82) is 0 Å². The second-order valence-corrected chi connectivity index (χ2v) is 7.88. The highest BCUT2D eigenvalue weighted by molar-refractivity contribution is 5.95. The van der Waals surface area contributed by atoms with Crippen LogP contribution in [0.15, 0.2) is 42.7 Å². The predicted molar refractivity (Wildman–Crippen MR) is 118 cm³/mol. The lowest BCUT2D eigenvalue weighted by atomic mass is 10.1. The molecule has 0 fully saturated rings. The van der Waals surface area contributed by atoms with Gasteiger partial charge < -0.3 is 9.67 Å². The van der Waals surface area contributed by atoms with Crippen molar-refractivity contribution in [3.05, 3.63) is 48.3 Å². The van der Waals surface area contributed by atoms with Gasteiger partial charge in [0, 0.05) is 24.5 Å². The third-order valence-corrected chi connectivity index (χ3v) is 5.47.